The summed E-state index contributed by atoms with van der Waals surface area (Å²) in [6, 6.07) is 12.5. The van der Waals surface area contributed by atoms with Crippen molar-refractivity contribution in [3.8, 4) is 5.75 Å². The highest BCUT2D eigenvalue weighted by molar-refractivity contribution is 9.10. The standard InChI is InChI=1S/C17H19BrClNO/c1-11-4-7-17(21-3)13(8-11)10-16(20-2)12-5-6-15(19)14(18)9-12/h4-9,16,20H,10H2,1-3H3. The van der Waals surface area contributed by atoms with Crippen LogP contribution in [0.2, 0.25) is 5.02 Å². The molecule has 2 aromatic rings. The molecule has 0 amide bonds. The summed E-state index contributed by atoms with van der Waals surface area (Å²) in [6.07, 6.45) is 0.857. The summed E-state index contributed by atoms with van der Waals surface area (Å²) < 4.78 is 6.38. The molecule has 0 aliphatic heterocycles. The number of ether oxygens (including phenoxy) is 1. The van der Waals surface area contributed by atoms with Gasteiger partial charge in [0.1, 0.15) is 5.75 Å². The average Bonchev–Trinajstić information content (AvgIpc) is 2.48. The first-order chi connectivity index (χ1) is 10.0. The predicted octanol–water partition coefficient (Wildman–Crippen LogP) is 4.92. The lowest BCUT2D eigenvalue weighted by atomic mass is 9.97. The highest BCUT2D eigenvalue weighted by atomic mass is 79.9. The summed E-state index contributed by atoms with van der Waals surface area (Å²) in [5.41, 5.74) is 3.62. The Bertz CT molecular complexity index is 630. The third-order valence-corrected chi connectivity index (χ3v) is 4.77. The van der Waals surface area contributed by atoms with Crippen LogP contribution in [0.15, 0.2) is 40.9 Å². The summed E-state index contributed by atoms with van der Waals surface area (Å²) in [4.78, 5) is 0. The van der Waals surface area contributed by atoms with Crippen molar-refractivity contribution < 1.29 is 4.74 Å². The Morgan fingerprint density at radius 2 is 2.00 bits per heavy atom. The van der Waals surface area contributed by atoms with Gasteiger partial charge in [0.2, 0.25) is 0 Å². The molecule has 2 rings (SSSR count). The average molecular weight is 369 g/mol. The molecule has 0 aliphatic carbocycles. The third-order valence-electron chi connectivity index (χ3n) is 3.55. The number of hydrogen-bond donors (Lipinski definition) is 1. The van der Waals surface area contributed by atoms with Gasteiger partial charge in [0, 0.05) is 10.5 Å². The van der Waals surface area contributed by atoms with E-state index in [0.29, 0.717) is 0 Å². The van der Waals surface area contributed by atoms with Crippen molar-refractivity contribution in [2.45, 2.75) is 19.4 Å². The summed E-state index contributed by atoms with van der Waals surface area (Å²) in [5.74, 6) is 0.925. The van der Waals surface area contributed by atoms with Crippen LogP contribution in [0.25, 0.3) is 0 Å². The number of likely N-dealkylation sites (N-methyl/N-ethyl adjacent to an activating group) is 1. The predicted molar refractivity (Wildman–Crippen MR) is 92.4 cm³/mol. The monoisotopic (exact) mass is 367 g/mol. The van der Waals surface area contributed by atoms with Crippen molar-refractivity contribution in [2.24, 2.45) is 0 Å². The van der Waals surface area contributed by atoms with Crippen LogP contribution in [0.1, 0.15) is 22.7 Å². The summed E-state index contributed by atoms with van der Waals surface area (Å²) in [5, 5.41) is 4.09. The van der Waals surface area contributed by atoms with Crippen LogP contribution in [0.4, 0.5) is 0 Å². The van der Waals surface area contributed by atoms with E-state index in [2.05, 4.69) is 52.4 Å². The first-order valence-electron chi connectivity index (χ1n) is 6.81. The molecule has 0 saturated heterocycles. The molecule has 1 atom stereocenters. The van der Waals surface area contributed by atoms with E-state index in [0.717, 1.165) is 21.7 Å². The van der Waals surface area contributed by atoms with E-state index < -0.39 is 0 Å². The van der Waals surface area contributed by atoms with Crippen LogP contribution in [0.5, 0.6) is 5.75 Å². The zero-order chi connectivity index (χ0) is 15.4. The van der Waals surface area contributed by atoms with E-state index in [4.69, 9.17) is 16.3 Å². The number of benzene rings is 2. The van der Waals surface area contributed by atoms with E-state index in [-0.39, 0.29) is 6.04 Å². The van der Waals surface area contributed by atoms with E-state index in [9.17, 15) is 0 Å². The maximum absolute atomic E-state index is 6.07. The first-order valence-corrected chi connectivity index (χ1v) is 7.98. The van der Waals surface area contributed by atoms with Crippen molar-refractivity contribution in [2.75, 3.05) is 14.2 Å². The number of rotatable bonds is 5. The quantitative estimate of drug-likeness (QED) is 0.808. The molecule has 21 heavy (non-hydrogen) atoms. The fourth-order valence-electron chi connectivity index (χ4n) is 2.40. The Morgan fingerprint density at radius 1 is 1.24 bits per heavy atom. The Kier molecular flexibility index (Phi) is 5.68. The summed E-state index contributed by atoms with van der Waals surface area (Å²) in [6.45, 7) is 2.09. The van der Waals surface area contributed by atoms with Crippen LogP contribution in [-0.2, 0) is 6.42 Å². The second-order valence-electron chi connectivity index (χ2n) is 5.03. The number of methoxy groups -OCH3 is 1. The third kappa shape index (κ3) is 4.00. The number of nitrogens with one attached hydrogen (secondary N) is 1. The van der Waals surface area contributed by atoms with Gasteiger partial charge in [-0.2, -0.15) is 0 Å². The molecule has 0 spiro atoms. The molecule has 0 aliphatic rings. The summed E-state index contributed by atoms with van der Waals surface area (Å²) >= 11 is 9.55. The Balaban J connectivity index is 2.30. The molecule has 0 saturated carbocycles. The van der Waals surface area contributed by atoms with Crippen molar-refractivity contribution >= 4 is 27.5 Å². The Morgan fingerprint density at radius 3 is 2.62 bits per heavy atom. The minimum atomic E-state index is 0.203. The zero-order valence-electron chi connectivity index (χ0n) is 12.4. The molecule has 0 aromatic heterocycles. The van der Waals surface area contributed by atoms with Crippen LogP contribution in [-0.4, -0.2) is 14.2 Å². The van der Waals surface area contributed by atoms with Gasteiger partial charge in [-0.3, -0.25) is 0 Å². The van der Waals surface area contributed by atoms with Gasteiger partial charge in [-0.05, 0) is 65.6 Å². The van der Waals surface area contributed by atoms with Gasteiger partial charge < -0.3 is 10.1 Å². The van der Waals surface area contributed by atoms with E-state index in [1.807, 2.05) is 19.2 Å². The number of halogens is 2. The lowest BCUT2D eigenvalue weighted by molar-refractivity contribution is 0.406. The van der Waals surface area contributed by atoms with Crippen LogP contribution >= 0.6 is 27.5 Å². The molecule has 2 aromatic carbocycles. The molecule has 0 radical (unpaired) electrons. The molecular weight excluding hydrogens is 350 g/mol. The van der Waals surface area contributed by atoms with Gasteiger partial charge in [-0.25, -0.2) is 0 Å². The van der Waals surface area contributed by atoms with Gasteiger partial charge in [0.15, 0.2) is 0 Å². The van der Waals surface area contributed by atoms with Crippen molar-refractivity contribution in [1.29, 1.82) is 0 Å². The van der Waals surface area contributed by atoms with Crippen molar-refractivity contribution in [1.82, 2.24) is 5.32 Å². The van der Waals surface area contributed by atoms with Crippen molar-refractivity contribution in [3.63, 3.8) is 0 Å². The summed E-state index contributed by atoms with van der Waals surface area (Å²) in [7, 11) is 3.68. The first kappa shape index (κ1) is 16.3. The normalized spacial score (nSPS) is 12.2. The van der Waals surface area contributed by atoms with Gasteiger partial charge in [0.05, 0.1) is 12.1 Å². The number of aryl methyl sites for hydroxylation is 1. The molecule has 112 valence electrons. The molecular formula is C17H19BrClNO. The fourth-order valence-corrected chi connectivity index (χ4v) is 2.92. The second-order valence-corrected chi connectivity index (χ2v) is 6.30. The molecule has 4 heteroatoms. The molecule has 1 unspecified atom stereocenters. The topological polar surface area (TPSA) is 21.3 Å². The molecule has 0 fully saturated rings. The SMILES string of the molecule is CNC(Cc1cc(C)ccc1OC)c1ccc(Cl)c(Br)c1. The molecule has 0 heterocycles. The van der Waals surface area contributed by atoms with Gasteiger partial charge in [0.25, 0.3) is 0 Å². The van der Waals surface area contributed by atoms with E-state index in [1.165, 1.54) is 16.7 Å². The molecule has 2 nitrogen and oxygen atoms in total. The largest absolute Gasteiger partial charge is 0.496 e. The minimum absolute atomic E-state index is 0.203. The van der Waals surface area contributed by atoms with Gasteiger partial charge >= 0.3 is 0 Å². The minimum Gasteiger partial charge on any atom is -0.496 e. The highest BCUT2D eigenvalue weighted by Crippen LogP contribution is 2.30. The van der Waals surface area contributed by atoms with Crippen molar-refractivity contribution in [3.05, 3.63) is 62.6 Å². The molecule has 0 bridgehead atoms. The van der Waals surface area contributed by atoms with E-state index in [1.54, 1.807) is 7.11 Å². The maximum atomic E-state index is 6.07. The number of hydrogen-bond acceptors (Lipinski definition) is 2. The van der Waals surface area contributed by atoms with Crippen LogP contribution in [0, 0.1) is 6.92 Å². The lowest BCUT2D eigenvalue weighted by Crippen LogP contribution is -2.19. The Hall–Kier alpha value is -1.03. The maximum Gasteiger partial charge on any atom is 0.122 e. The van der Waals surface area contributed by atoms with Crippen LogP contribution in [0.3, 0.4) is 0 Å². The van der Waals surface area contributed by atoms with E-state index >= 15 is 0 Å². The fraction of sp³-hybridized carbons (Fsp3) is 0.294. The highest BCUT2D eigenvalue weighted by Gasteiger charge is 2.14. The smallest absolute Gasteiger partial charge is 0.122 e. The van der Waals surface area contributed by atoms with Gasteiger partial charge in [-0.15, -0.1) is 0 Å². The lowest BCUT2D eigenvalue weighted by Gasteiger charge is -2.19. The Labute approximate surface area is 139 Å². The second kappa shape index (κ2) is 7.30. The van der Waals surface area contributed by atoms with Crippen LogP contribution < -0.4 is 10.1 Å². The molecule has 1 N–H and O–H groups in total. The van der Waals surface area contributed by atoms with Gasteiger partial charge in [-0.1, -0.05) is 35.4 Å². The zero-order valence-corrected chi connectivity index (χ0v) is 14.8.